The van der Waals surface area contributed by atoms with Crippen LogP contribution in [0.25, 0.3) is 10.9 Å². The van der Waals surface area contributed by atoms with Crippen LogP contribution in [-0.2, 0) is 4.74 Å². The second-order valence-corrected chi connectivity index (χ2v) is 9.22. The molecule has 4 heterocycles. The van der Waals surface area contributed by atoms with Crippen molar-refractivity contribution in [1.29, 1.82) is 0 Å². The van der Waals surface area contributed by atoms with Crippen molar-refractivity contribution in [2.24, 2.45) is 0 Å². The van der Waals surface area contributed by atoms with Gasteiger partial charge in [0.15, 0.2) is 11.0 Å². The summed E-state index contributed by atoms with van der Waals surface area (Å²) in [7, 11) is 0. The minimum absolute atomic E-state index is 0.0159. The molecule has 0 N–H and O–H groups in total. The van der Waals surface area contributed by atoms with Gasteiger partial charge < -0.3 is 9.64 Å². The molecule has 10 heteroatoms. The molecule has 2 aliphatic rings. The fourth-order valence-electron chi connectivity index (χ4n) is 4.18. The molecule has 4 rings (SSSR count). The van der Waals surface area contributed by atoms with Crippen LogP contribution in [0.3, 0.4) is 0 Å². The molecule has 0 spiro atoms. The molecular formula is C19H22Cl2FN5O2. The largest absolute Gasteiger partial charge is 0.444 e. The van der Waals surface area contributed by atoms with Crippen LogP contribution in [0.5, 0.6) is 0 Å². The van der Waals surface area contributed by atoms with E-state index >= 15 is 0 Å². The van der Waals surface area contributed by atoms with Gasteiger partial charge in [-0.1, -0.05) is 11.6 Å². The molecule has 0 unspecified atom stereocenters. The number of piperazine rings is 1. The summed E-state index contributed by atoms with van der Waals surface area (Å²) in [5.41, 5.74) is 0.0308. The van der Waals surface area contributed by atoms with Crippen molar-refractivity contribution in [2.75, 3.05) is 18.0 Å². The first-order valence-electron chi connectivity index (χ1n) is 9.50. The number of amides is 1. The van der Waals surface area contributed by atoms with Crippen molar-refractivity contribution in [1.82, 2.24) is 19.9 Å². The Morgan fingerprint density at radius 1 is 1.14 bits per heavy atom. The maximum absolute atomic E-state index is 14.6. The van der Waals surface area contributed by atoms with Gasteiger partial charge in [-0.25, -0.2) is 19.2 Å². The van der Waals surface area contributed by atoms with Crippen LogP contribution in [0.1, 0.15) is 39.3 Å². The Balaban J connectivity index is 1.70. The average molecular weight is 442 g/mol. The summed E-state index contributed by atoms with van der Waals surface area (Å²) in [5.74, 6) is -0.200. The lowest BCUT2D eigenvalue weighted by molar-refractivity contribution is 0.0123. The molecule has 0 aromatic carbocycles. The van der Waals surface area contributed by atoms with E-state index in [0.717, 1.165) is 12.8 Å². The Hall–Kier alpha value is -1.93. The number of fused-ring (bicyclic) bond motifs is 3. The van der Waals surface area contributed by atoms with Gasteiger partial charge in [-0.15, -0.1) is 0 Å². The monoisotopic (exact) mass is 441 g/mol. The maximum atomic E-state index is 14.6. The lowest BCUT2D eigenvalue weighted by Crippen LogP contribution is -2.57. The Bertz CT molecular complexity index is 983. The highest BCUT2D eigenvalue weighted by Crippen LogP contribution is 2.37. The molecule has 156 valence electrons. The number of hydrogen-bond acceptors (Lipinski definition) is 6. The zero-order valence-electron chi connectivity index (χ0n) is 16.7. The number of hydrogen-bond donors (Lipinski definition) is 0. The van der Waals surface area contributed by atoms with E-state index in [0.29, 0.717) is 30.0 Å². The minimum Gasteiger partial charge on any atom is -0.444 e. The van der Waals surface area contributed by atoms with Crippen LogP contribution < -0.4 is 4.90 Å². The number of rotatable bonds is 1. The number of carbonyl (C=O) groups excluding carboxylic acids is 1. The summed E-state index contributed by atoms with van der Waals surface area (Å²) in [6.45, 7) is 8.39. The van der Waals surface area contributed by atoms with E-state index in [9.17, 15) is 9.18 Å². The van der Waals surface area contributed by atoms with Crippen LogP contribution in [0.15, 0.2) is 0 Å². The van der Waals surface area contributed by atoms with Crippen LogP contribution >= 0.6 is 23.2 Å². The smallest absolute Gasteiger partial charge is 0.410 e. The molecule has 0 aliphatic carbocycles. The van der Waals surface area contributed by atoms with E-state index in [1.54, 1.807) is 6.92 Å². The summed E-state index contributed by atoms with van der Waals surface area (Å²) in [5, 5.41) is 0.182. The molecule has 2 aromatic rings. The number of halogens is 3. The topological polar surface area (TPSA) is 71.5 Å². The standard InChI is InChI=1S/C19H22Cl2FN5O2/c1-9-12-14(13(22)15(20)23-9)24-17(21)25-16(12)26-7-10-5-6-11(8-26)27(10)18(28)29-19(2,3)4/h10-11H,5-8H2,1-4H3/t10-,11+. The van der Waals surface area contributed by atoms with Crippen LogP contribution in [0.4, 0.5) is 15.0 Å². The van der Waals surface area contributed by atoms with Crippen molar-refractivity contribution in [3.63, 3.8) is 0 Å². The van der Waals surface area contributed by atoms with Gasteiger partial charge in [-0.2, -0.15) is 4.98 Å². The summed E-state index contributed by atoms with van der Waals surface area (Å²) in [6.07, 6.45) is 1.44. The quantitative estimate of drug-likeness (QED) is 0.483. The molecule has 0 radical (unpaired) electrons. The molecule has 7 nitrogen and oxygen atoms in total. The van der Waals surface area contributed by atoms with Crippen LogP contribution in [0.2, 0.25) is 10.4 Å². The number of carbonyl (C=O) groups is 1. The Labute approximate surface area is 178 Å². The maximum Gasteiger partial charge on any atom is 0.410 e. The number of anilines is 1. The first kappa shape index (κ1) is 20.3. The lowest BCUT2D eigenvalue weighted by atomic mass is 10.1. The van der Waals surface area contributed by atoms with E-state index in [1.165, 1.54) is 0 Å². The summed E-state index contributed by atoms with van der Waals surface area (Å²) < 4.78 is 20.1. The van der Waals surface area contributed by atoms with Crippen LogP contribution in [-0.4, -0.2) is 56.7 Å². The van der Waals surface area contributed by atoms with E-state index in [1.807, 2.05) is 30.6 Å². The molecule has 2 fully saturated rings. The molecule has 2 atom stereocenters. The number of nitrogens with zero attached hydrogens (tertiary/aromatic N) is 5. The van der Waals surface area contributed by atoms with Gasteiger partial charge in [0.2, 0.25) is 5.28 Å². The van der Waals surface area contributed by atoms with Crippen molar-refractivity contribution in [3.8, 4) is 0 Å². The molecule has 0 saturated carbocycles. The molecule has 29 heavy (non-hydrogen) atoms. The molecule has 2 saturated heterocycles. The van der Waals surface area contributed by atoms with Gasteiger partial charge in [-0.3, -0.25) is 4.90 Å². The third-order valence-electron chi connectivity index (χ3n) is 5.27. The normalized spacial score (nSPS) is 21.8. The molecule has 2 aromatic heterocycles. The second kappa shape index (κ2) is 7.09. The Morgan fingerprint density at radius 3 is 2.34 bits per heavy atom. The first-order valence-corrected chi connectivity index (χ1v) is 10.3. The number of ether oxygens (including phenoxy) is 1. The van der Waals surface area contributed by atoms with Gasteiger partial charge in [-0.05, 0) is 52.1 Å². The highest BCUT2D eigenvalue weighted by molar-refractivity contribution is 6.31. The Morgan fingerprint density at radius 2 is 1.76 bits per heavy atom. The highest BCUT2D eigenvalue weighted by Gasteiger charge is 2.45. The first-order chi connectivity index (χ1) is 13.5. The zero-order valence-corrected chi connectivity index (χ0v) is 18.2. The van der Waals surface area contributed by atoms with Crippen molar-refractivity contribution >= 4 is 46.0 Å². The second-order valence-electron chi connectivity index (χ2n) is 8.52. The highest BCUT2D eigenvalue weighted by atomic mass is 35.5. The predicted octanol–water partition coefficient (Wildman–Crippen LogP) is 4.37. The number of aromatic nitrogens is 3. The van der Waals surface area contributed by atoms with E-state index in [-0.39, 0.29) is 34.1 Å². The third kappa shape index (κ3) is 3.68. The minimum atomic E-state index is -0.715. The summed E-state index contributed by atoms with van der Waals surface area (Å²) in [6, 6.07) is -0.0318. The lowest BCUT2D eigenvalue weighted by Gasteiger charge is -2.42. The van der Waals surface area contributed by atoms with Crippen LogP contribution in [0, 0.1) is 12.7 Å². The van der Waals surface area contributed by atoms with Gasteiger partial charge in [0.25, 0.3) is 0 Å². The van der Waals surface area contributed by atoms with Crippen molar-refractivity contribution in [2.45, 2.75) is 58.2 Å². The zero-order chi connectivity index (χ0) is 21.1. The fourth-order valence-corrected chi connectivity index (χ4v) is 4.56. The van der Waals surface area contributed by atoms with E-state index in [2.05, 4.69) is 15.0 Å². The van der Waals surface area contributed by atoms with Crippen molar-refractivity contribution in [3.05, 3.63) is 21.9 Å². The van der Waals surface area contributed by atoms with Gasteiger partial charge in [0.05, 0.1) is 23.2 Å². The van der Waals surface area contributed by atoms with Gasteiger partial charge >= 0.3 is 6.09 Å². The summed E-state index contributed by atoms with van der Waals surface area (Å²) >= 11 is 12.0. The average Bonchev–Trinajstić information content (AvgIpc) is 2.87. The molecule has 1 amide bonds. The predicted molar refractivity (Wildman–Crippen MR) is 109 cm³/mol. The number of aryl methyl sites for hydroxylation is 1. The SMILES string of the molecule is Cc1nc(Cl)c(F)c2nc(Cl)nc(N3C[C@H]4CC[C@@H](C3)N4C(=O)OC(C)(C)C)c12. The van der Waals surface area contributed by atoms with Gasteiger partial charge in [0, 0.05) is 13.1 Å². The van der Waals surface area contributed by atoms with Gasteiger partial charge in [0.1, 0.15) is 16.9 Å². The molecule has 2 bridgehead atoms. The van der Waals surface area contributed by atoms with E-state index in [4.69, 9.17) is 27.9 Å². The van der Waals surface area contributed by atoms with Crippen molar-refractivity contribution < 1.29 is 13.9 Å². The molecule has 2 aliphatic heterocycles. The number of pyridine rings is 1. The third-order valence-corrected chi connectivity index (χ3v) is 5.68. The molecular weight excluding hydrogens is 420 g/mol. The Kier molecular flexibility index (Phi) is 4.98. The fraction of sp³-hybridized carbons (Fsp3) is 0.579. The summed E-state index contributed by atoms with van der Waals surface area (Å²) in [4.78, 5) is 29.0. The van der Waals surface area contributed by atoms with E-state index < -0.39 is 11.4 Å².